The first-order valence-electron chi connectivity index (χ1n) is 10.4. The minimum absolute atomic E-state index is 0.0719. The molecule has 0 bridgehead atoms. The van der Waals surface area contributed by atoms with Gasteiger partial charge in [0.1, 0.15) is 33.9 Å². The number of aromatic hydroxyl groups is 2. The van der Waals surface area contributed by atoms with Gasteiger partial charge in [-0.3, -0.25) is 9.98 Å². The average molecular weight is 491 g/mol. The molecule has 170 valence electrons. The minimum atomic E-state index is -0.665. The third-order valence-corrected chi connectivity index (χ3v) is 5.53. The van der Waals surface area contributed by atoms with Gasteiger partial charge in [-0.15, -0.1) is 0 Å². The van der Waals surface area contributed by atoms with Crippen LogP contribution in [0.1, 0.15) is 34.3 Å². The normalized spacial score (nSPS) is 13.4. The second-order valence-electron chi connectivity index (χ2n) is 7.39. The van der Waals surface area contributed by atoms with Crippen LogP contribution >= 0.6 is 23.2 Å². The van der Waals surface area contributed by atoms with Crippen molar-refractivity contribution < 1.29 is 10.2 Å². The van der Waals surface area contributed by atoms with Gasteiger partial charge >= 0.3 is 0 Å². The van der Waals surface area contributed by atoms with Gasteiger partial charge in [0.15, 0.2) is 0 Å². The van der Waals surface area contributed by atoms with E-state index in [0.29, 0.717) is 21.4 Å². The van der Waals surface area contributed by atoms with E-state index in [2.05, 4.69) is 9.97 Å². The average Bonchev–Trinajstić information content (AvgIpc) is 2.84. The summed E-state index contributed by atoms with van der Waals surface area (Å²) in [5.41, 5.74) is 2.57. The first kappa shape index (κ1) is 23.4. The van der Waals surface area contributed by atoms with Crippen molar-refractivity contribution in [2.24, 2.45) is 9.98 Å². The van der Waals surface area contributed by atoms with Crippen LogP contribution in [0.25, 0.3) is 0 Å². The molecule has 4 aromatic rings. The van der Waals surface area contributed by atoms with Crippen molar-refractivity contribution in [1.29, 1.82) is 0 Å². The van der Waals surface area contributed by atoms with Crippen LogP contribution in [0.3, 0.4) is 0 Å². The lowest BCUT2D eigenvalue weighted by Crippen LogP contribution is -2.10. The first-order chi connectivity index (χ1) is 16.5. The van der Waals surface area contributed by atoms with Gasteiger partial charge in [-0.05, 0) is 36.4 Å². The summed E-state index contributed by atoms with van der Waals surface area (Å²) in [6.07, 6.45) is 6.50. The highest BCUT2D eigenvalue weighted by Gasteiger charge is 2.27. The van der Waals surface area contributed by atoms with E-state index in [0.717, 1.165) is 11.1 Å². The fourth-order valence-corrected chi connectivity index (χ4v) is 3.62. The molecule has 0 spiro atoms. The molecule has 2 heterocycles. The summed E-state index contributed by atoms with van der Waals surface area (Å²) >= 11 is 11.8. The molecule has 0 aliphatic carbocycles. The van der Waals surface area contributed by atoms with Crippen LogP contribution in [0.15, 0.2) is 95.2 Å². The molecule has 0 saturated carbocycles. The summed E-state index contributed by atoms with van der Waals surface area (Å²) in [5, 5.41) is 22.1. The Morgan fingerprint density at radius 2 is 1.03 bits per heavy atom. The van der Waals surface area contributed by atoms with E-state index >= 15 is 0 Å². The lowest BCUT2D eigenvalue weighted by atomic mass is 9.92. The van der Waals surface area contributed by atoms with E-state index in [9.17, 15) is 10.2 Å². The van der Waals surface area contributed by atoms with Gasteiger partial charge < -0.3 is 10.2 Å². The topological polar surface area (TPSA) is 91.0 Å². The van der Waals surface area contributed by atoms with Crippen molar-refractivity contribution in [3.05, 3.63) is 118 Å². The molecule has 0 aliphatic rings. The van der Waals surface area contributed by atoms with Gasteiger partial charge in [0.25, 0.3) is 0 Å². The summed E-state index contributed by atoms with van der Waals surface area (Å²) in [6, 6.07) is 19.4. The Morgan fingerprint density at radius 3 is 1.38 bits per heavy atom. The van der Waals surface area contributed by atoms with Crippen LogP contribution < -0.4 is 0 Å². The number of hydrogen-bond acceptors (Lipinski definition) is 6. The number of aromatic nitrogens is 2. The summed E-state index contributed by atoms with van der Waals surface area (Å²) in [7, 11) is 0. The lowest BCUT2D eigenvalue weighted by Gasteiger charge is -2.23. The van der Waals surface area contributed by atoms with Crippen molar-refractivity contribution in [1.82, 2.24) is 9.97 Å². The predicted octanol–water partition coefficient (Wildman–Crippen LogP) is 6.22. The zero-order valence-electron chi connectivity index (χ0n) is 17.8. The smallest absolute Gasteiger partial charge is 0.129 e. The number of hydrogen-bond donors (Lipinski definition) is 2. The Kier molecular flexibility index (Phi) is 7.52. The summed E-state index contributed by atoms with van der Waals surface area (Å²) in [5.74, 6) is 0.144. The summed E-state index contributed by atoms with van der Waals surface area (Å²) in [6.45, 7) is 0. The lowest BCUT2D eigenvalue weighted by molar-refractivity contribution is 0.438. The van der Waals surface area contributed by atoms with Crippen LogP contribution in [0.4, 0.5) is 0 Å². The van der Waals surface area contributed by atoms with Gasteiger partial charge in [0.2, 0.25) is 0 Å². The zero-order valence-corrected chi connectivity index (χ0v) is 19.3. The number of aliphatic imine (C=N–C) groups is 2. The molecule has 0 fully saturated rings. The van der Waals surface area contributed by atoms with Gasteiger partial charge in [-0.1, -0.05) is 59.6 Å². The summed E-state index contributed by atoms with van der Waals surface area (Å²) < 4.78 is 0. The van der Waals surface area contributed by atoms with Crippen molar-refractivity contribution in [2.45, 2.75) is 12.1 Å². The molecule has 2 N–H and O–H groups in total. The molecule has 0 saturated heterocycles. The maximum atomic E-state index is 10.7. The maximum Gasteiger partial charge on any atom is 0.129 e. The van der Waals surface area contributed by atoms with Crippen molar-refractivity contribution in [3.8, 4) is 11.5 Å². The molecule has 2 unspecified atom stereocenters. The molecule has 2 atom stereocenters. The number of para-hydroxylation sites is 2. The van der Waals surface area contributed by atoms with Gasteiger partial charge in [0, 0.05) is 47.1 Å². The molecule has 2 aromatic carbocycles. The highest BCUT2D eigenvalue weighted by atomic mass is 35.5. The van der Waals surface area contributed by atoms with Gasteiger partial charge in [-0.2, -0.15) is 0 Å². The largest absolute Gasteiger partial charge is 0.508 e. The quantitative estimate of drug-likeness (QED) is 0.237. The number of nitrogens with zero attached hydrogens (tertiary/aromatic N) is 4. The van der Waals surface area contributed by atoms with Crippen LogP contribution in [-0.4, -0.2) is 32.6 Å². The number of rotatable bonds is 7. The molecule has 2 aromatic heterocycles. The van der Waals surface area contributed by atoms with Gasteiger partial charge in [-0.25, -0.2) is 9.97 Å². The van der Waals surface area contributed by atoms with E-state index < -0.39 is 12.1 Å². The molecular formula is C26H20Cl2N4O2. The third kappa shape index (κ3) is 5.78. The minimum Gasteiger partial charge on any atom is -0.508 e. The molecule has 8 heteroatoms. The number of benzene rings is 2. The predicted molar refractivity (Wildman–Crippen MR) is 135 cm³/mol. The number of phenols is 2. The highest BCUT2D eigenvalue weighted by molar-refractivity contribution is 6.29. The fraction of sp³-hybridized carbons (Fsp3) is 0.0769. The molecule has 34 heavy (non-hydrogen) atoms. The van der Waals surface area contributed by atoms with Gasteiger partial charge in [0.05, 0.1) is 0 Å². The summed E-state index contributed by atoms with van der Waals surface area (Å²) in [4.78, 5) is 17.7. The van der Waals surface area contributed by atoms with Crippen LogP contribution in [0.2, 0.25) is 10.3 Å². The maximum absolute atomic E-state index is 10.7. The van der Waals surface area contributed by atoms with Crippen molar-refractivity contribution in [3.63, 3.8) is 0 Å². The first-order valence-corrected chi connectivity index (χ1v) is 11.1. The molecule has 0 radical (unpaired) electrons. The fourth-order valence-electron chi connectivity index (χ4n) is 3.40. The van der Waals surface area contributed by atoms with E-state index in [1.807, 2.05) is 12.1 Å². The second kappa shape index (κ2) is 10.9. The molecule has 4 rings (SSSR count). The van der Waals surface area contributed by atoms with E-state index in [-0.39, 0.29) is 11.5 Å². The van der Waals surface area contributed by atoms with Crippen molar-refractivity contribution >= 4 is 35.6 Å². The molecule has 6 nitrogen and oxygen atoms in total. The van der Waals surface area contributed by atoms with E-state index in [1.165, 1.54) is 0 Å². The zero-order chi connectivity index (χ0) is 23.9. The van der Waals surface area contributed by atoms with Crippen molar-refractivity contribution in [2.75, 3.05) is 0 Å². The van der Waals surface area contributed by atoms with E-state index in [4.69, 9.17) is 33.2 Å². The Bertz CT molecular complexity index is 1210. The Hall–Kier alpha value is -3.74. The highest BCUT2D eigenvalue weighted by Crippen LogP contribution is 2.41. The number of pyridine rings is 2. The number of halogens is 2. The molecule has 0 amide bonds. The van der Waals surface area contributed by atoms with E-state index in [1.54, 1.807) is 85.5 Å². The Balaban J connectivity index is 1.82. The second-order valence-corrected chi connectivity index (χ2v) is 8.17. The molecular weight excluding hydrogens is 471 g/mol. The van der Waals surface area contributed by atoms with Crippen LogP contribution in [-0.2, 0) is 0 Å². The monoisotopic (exact) mass is 490 g/mol. The standard InChI is InChI=1S/C26H20Cl2N4O2/c27-23-11-9-17(13-29-23)15-31-25(19-5-1-3-7-21(19)33)26(20-6-2-4-8-22(20)34)32-16-18-10-12-24(28)30-14-18/h1-16,25-26,33-34H. The number of phenolic OH excluding ortho intramolecular Hbond substituents is 2. The molecule has 0 aliphatic heterocycles. The van der Waals surface area contributed by atoms with Crippen LogP contribution in [0.5, 0.6) is 11.5 Å². The van der Waals surface area contributed by atoms with Crippen LogP contribution in [0, 0.1) is 0 Å². The Morgan fingerprint density at radius 1 is 0.618 bits per heavy atom. The third-order valence-electron chi connectivity index (χ3n) is 5.08. The SMILES string of the molecule is Oc1ccccc1C(N=Cc1ccc(Cl)nc1)C(N=Cc1ccc(Cl)nc1)c1ccccc1O. The Labute approximate surface area is 206 Å².